The van der Waals surface area contributed by atoms with Gasteiger partial charge in [0.1, 0.15) is 11.4 Å². The van der Waals surface area contributed by atoms with Crippen molar-refractivity contribution in [3.8, 4) is 0 Å². The number of amidine groups is 1. The fourth-order valence-corrected chi connectivity index (χ4v) is 4.96. The quantitative estimate of drug-likeness (QED) is 0.758. The van der Waals surface area contributed by atoms with Crippen molar-refractivity contribution in [2.24, 2.45) is 4.99 Å². The van der Waals surface area contributed by atoms with Crippen molar-refractivity contribution < 1.29 is 9.13 Å². The van der Waals surface area contributed by atoms with Gasteiger partial charge in [0.2, 0.25) is 0 Å². The zero-order valence-corrected chi connectivity index (χ0v) is 16.3. The summed E-state index contributed by atoms with van der Waals surface area (Å²) in [6, 6.07) is 16.0. The molecule has 0 aromatic heterocycles. The number of nitrogens with zero attached hydrogens (tertiary/aromatic N) is 3. The second kappa shape index (κ2) is 6.89. The molecule has 2 unspecified atom stereocenters. The van der Waals surface area contributed by atoms with E-state index in [0.29, 0.717) is 6.54 Å². The van der Waals surface area contributed by atoms with Crippen molar-refractivity contribution in [3.63, 3.8) is 0 Å². The molecular weight excluding hydrogens is 353 g/mol. The molecule has 5 heteroatoms. The summed E-state index contributed by atoms with van der Waals surface area (Å²) in [5.41, 5.74) is 3.28. The maximum atomic E-state index is 14.0. The van der Waals surface area contributed by atoms with Gasteiger partial charge in [-0.15, -0.1) is 0 Å². The molecule has 3 aliphatic rings. The molecular formula is C23H26FN3O. The highest BCUT2D eigenvalue weighted by molar-refractivity contribution is 5.78. The van der Waals surface area contributed by atoms with Crippen molar-refractivity contribution >= 4 is 6.02 Å². The highest BCUT2D eigenvalue weighted by Gasteiger charge is 2.44. The molecule has 0 saturated carbocycles. The second-order valence-electron chi connectivity index (χ2n) is 8.32. The summed E-state index contributed by atoms with van der Waals surface area (Å²) in [6.07, 6.45) is 3.12. The zero-order chi connectivity index (χ0) is 19.1. The summed E-state index contributed by atoms with van der Waals surface area (Å²) >= 11 is 0. The Morgan fingerprint density at radius 2 is 2.04 bits per heavy atom. The summed E-state index contributed by atoms with van der Waals surface area (Å²) in [6.45, 7) is 3.56. The second-order valence-corrected chi connectivity index (χ2v) is 8.32. The van der Waals surface area contributed by atoms with Crippen LogP contribution in [0.15, 0.2) is 53.5 Å². The molecule has 146 valence electrons. The zero-order valence-electron chi connectivity index (χ0n) is 16.3. The third kappa shape index (κ3) is 3.08. The average Bonchev–Trinajstić information content (AvgIpc) is 3.09. The molecule has 5 rings (SSSR count). The standard InChI is InChI=1S/C23H26FN3O/c1-26-12-5-11-23(16-26)15-25-22(28-23)27-13-10-17-6-2-3-9-20(17)21(27)18-7-4-8-19(24)14-18/h2-4,6-9,14,21H,5,10-13,15-16H2,1H3. The number of halogens is 1. The molecule has 2 aromatic carbocycles. The van der Waals surface area contributed by atoms with E-state index in [1.165, 1.54) is 17.2 Å². The predicted octanol–water partition coefficient (Wildman–Crippen LogP) is 3.62. The van der Waals surface area contributed by atoms with Crippen LogP contribution >= 0.6 is 0 Å². The molecule has 3 aliphatic heterocycles. The summed E-state index contributed by atoms with van der Waals surface area (Å²) in [7, 11) is 2.15. The Kier molecular flexibility index (Phi) is 4.35. The number of fused-ring (bicyclic) bond motifs is 1. The Morgan fingerprint density at radius 1 is 1.14 bits per heavy atom. The first-order valence-corrected chi connectivity index (χ1v) is 10.2. The minimum absolute atomic E-state index is 0.0733. The van der Waals surface area contributed by atoms with Crippen LogP contribution < -0.4 is 0 Å². The van der Waals surface area contributed by atoms with E-state index in [-0.39, 0.29) is 17.5 Å². The van der Waals surface area contributed by atoms with Crippen molar-refractivity contribution in [1.82, 2.24) is 9.80 Å². The van der Waals surface area contributed by atoms with E-state index in [4.69, 9.17) is 9.73 Å². The van der Waals surface area contributed by atoms with Crippen LogP contribution in [0.3, 0.4) is 0 Å². The summed E-state index contributed by atoms with van der Waals surface area (Å²) in [5.74, 6) is -0.208. The van der Waals surface area contributed by atoms with Gasteiger partial charge in [-0.05, 0) is 61.7 Å². The molecule has 0 radical (unpaired) electrons. The van der Waals surface area contributed by atoms with E-state index in [9.17, 15) is 4.39 Å². The van der Waals surface area contributed by atoms with Crippen LogP contribution in [0, 0.1) is 5.82 Å². The van der Waals surface area contributed by atoms with Crippen molar-refractivity contribution in [2.45, 2.75) is 30.9 Å². The molecule has 4 nitrogen and oxygen atoms in total. The number of aliphatic imine (C=N–C) groups is 1. The van der Waals surface area contributed by atoms with Crippen molar-refractivity contribution in [2.75, 3.05) is 33.2 Å². The molecule has 28 heavy (non-hydrogen) atoms. The third-order valence-corrected chi connectivity index (χ3v) is 6.23. The Morgan fingerprint density at radius 3 is 2.89 bits per heavy atom. The highest BCUT2D eigenvalue weighted by Crippen LogP contribution is 2.38. The Labute approximate surface area is 165 Å². The smallest absolute Gasteiger partial charge is 0.288 e. The number of likely N-dealkylation sites (tertiary alicyclic amines) is 1. The maximum Gasteiger partial charge on any atom is 0.288 e. The lowest BCUT2D eigenvalue weighted by atomic mass is 9.88. The molecule has 0 amide bonds. The molecule has 2 aromatic rings. The van der Waals surface area contributed by atoms with E-state index in [2.05, 4.69) is 41.1 Å². The van der Waals surface area contributed by atoms with Gasteiger partial charge in [-0.25, -0.2) is 9.38 Å². The summed E-state index contributed by atoms with van der Waals surface area (Å²) < 4.78 is 20.6. The largest absolute Gasteiger partial charge is 0.455 e. The SMILES string of the molecule is CN1CCCC2(CN=C(N3CCc4ccccc4C3c3cccc(F)c3)O2)C1. The Bertz CT molecular complexity index is 914. The van der Waals surface area contributed by atoms with E-state index in [1.807, 2.05) is 6.07 Å². The number of ether oxygens (including phenoxy) is 1. The van der Waals surface area contributed by atoms with Crippen LogP contribution in [-0.2, 0) is 11.2 Å². The monoisotopic (exact) mass is 379 g/mol. The van der Waals surface area contributed by atoms with Crippen LogP contribution in [0.4, 0.5) is 4.39 Å². The van der Waals surface area contributed by atoms with E-state index in [1.54, 1.807) is 12.1 Å². The normalized spacial score (nSPS) is 27.4. The first kappa shape index (κ1) is 17.7. The number of likely N-dealkylation sites (N-methyl/N-ethyl adjacent to an activating group) is 1. The van der Waals surface area contributed by atoms with Gasteiger partial charge < -0.3 is 14.5 Å². The third-order valence-electron chi connectivity index (χ3n) is 6.23. The van der Waals surface area contributed by atoms with Crippen molar-refractivity contribution in [1.29, 1.82) is 0 Å². The van der Waals surface area contributed by atoms with Gasteiger partial charge in [0.15, 0.2) is 0 Å². The van der Waals surface area contributed by atoms with Crippen molar-refractivity contribution in [3.05, 3.63) is 71.0 Å². The molecule has 1 spiro atoms. The van der Waals surface area contributed by atoms with Crippen LogP contribution in [-0.4, -0.2) is 54.6 Å². The Balaban J connectivity index is 1.50. The molecule has 0 bridgehead atoms. The number of rotatable bonds is 1. The molecule has 1 saturated heterocycles. The molecule has 3 heterocycles. The van der Waals surface area contributed by atoms with E-state index < -0.39 is 0 Å². The minimum atomic E-state index is -0.208. The number of benzene rings is 2. The summed E-state index contributed by atoms with van der Waals surface area (Å²) in [4.78, 5) is 9.41. The minimum Gasteiger partial charge on any atom is -0.455 e. The van der Waals surface area contributed by atoms with Gasteiger partial charge in [-0.1, -0.05) is 36.4 Å². The molecule has 1 fully saturated rings. The predicted molar refractivity (Wildman–Crippen MR) is 108 cm³/mol. The van der Waals surface area contributed by atoms with E-state index >= 15 is 0 Å². The molecule has 2 atom stereocenters. The van der Waals surface area contributed by atoms with Gasteiger partial charge in [-0.3, -0.25) is 0 Å². The number of hydrogen-bond donors (Lipinski definition) is 0. The highest BCUT2D eigenvalue weighted by atomic mass is 19.1. The number of hydrogen-bond acceptors (Lipinski definition) is 4. The van der Waals surface area contributed by atoms with Crippen LogP contribution in [0.25, 0.3) is 0 Å². The topological polar surface area (TPSA) is 28.1 Å². The van der Waals surface area contributed by atoms with Gasteiger partial charge >= 0.3 is 0 Å². The average molecular weight is 379 g/mol. The van der Waals surface area contributed by atoms with E-state index in [0.717, 1.165) is 50.5 Å². The summed E-state index contributed by atoms with van der Waals surface area (Å²) in [5, 5.41) is 0. The maximum absolute atomic E-state index is 14.0. The van der Waals surface area contributed by atoms with Crippen LogP contribution in [0.2, 0.25) is 0 Å². The fourth-order valence-electron chi connectivity index (χ4n) is 4.96. The lowest BCUT2D eigenvalue weighted by Gasteiger charge is -2.41. The van der Waals surface area contributed by atoms with Crippen LogP contribution in [0.1, 0.15) is 35.6 Å². The first-order valence-electron chi connectivity index (χ1n) is 10.2. The van der Waals surface area contributed by atoms with Gasteiger partial charge in [0, 0.05) is 13.1 Å². The van der Waals surface area contributed by atoms with Gasteiger partial charge in [0.05, 0.1) is 12.6 Å². The molecule has 0 aliphatic carbocycles. The van der Waals surface area contributed by atoms with Gasteiger partial charge in [0.25, 0.3) is 6.02 Å². The van der Waals surface area contributed by atoms with Gasteiger partial charge in [-0.2, -0.15) is 0 Å². The fraction of sp³-hybridized carbons (Fsp3) is 0.435. The number of piperidine rings is 1. The lowest BCUT2D eigenvalue weighted by Crippen LogP contribution is -2.51. The Hall–Kier alpha value is -2.40. The van der Waals surface area contributed by atoms with Crippen LogP contribution in [0.5, 0.6) is 0 Å². The lowest BCUT2D eigenvalue weighted by molar-refractivity contribution is 0.000259. The molecule has 0 N–H and O–H groups in total. The first-order chi connectivity index (χ1) is 13.6.